The lowest BCUT2D eigenvalue weighted by Gasteiger charge is -2.18. The van der Waals surface area contributed by atoms with Crippen LogP contribution in [0.4, 0.5) is 0 Å². The van der Waals surface area contributed by atoms with Gasteiger partial charge in [-0.25, -0.2) is 0 Å². The van der Waals surface area contributed by atoms with Gasteiger partial charge in [-0.3, -0.25) is 14.4 Å². The maximum atomic E-state index is 12.8. The van der Waals surface area contributed by atoms with Crippen molar-refractivity contribution >= 4 is 17.9 Å². The smallest absolute Gasteiger partial charge is 0.306 e. The molecule has 0 aliphatic rings. The van der Waals surface area contributed by atoms with Gasteiger partial charge in [-0.05, 0) is 135 Å². The minimum atomic E-state index is -0.821. The average Bonchev–Trinajstić information content (AvgIpc) is 3.33. The Morgan fingerprint density at radius 3 is 0.955 bits per heavy atom. The Kier molecular flexibility index (Phi) is 51.0. The number of ether oxygens (including phenoxy) is 3. The van der Waals surface area contributed by atoms with Crippen LogP contribution in [0.25, 0.3) is 0 Å². The first kappa shape index (κ1) is 62.8. The fourth-order valence-electron chi connectivity index (χ4n) is 6.86. The maximum Gasteiger partial charge on any atom is 0.306 e. The molecule has 0 rings (SSSR count). The van der Waals surface area contributed by atoms with Gasteiger partial charge in [0.2, 0.25) is 0 Å². The summed E-state index contributed by atoms with van der Waals surface area (Å²) in [6.07, 6.45) is 74.7. The molecule has 0 saturated carbocycles. The largest absolute Gasteiger partial charge is 0.462 e. The Bertz CT molecular complexity index is 1440. The Morgan fingerprint density at radius 1 is 0.313 bits per heavy atom. The average molecular weight is 927 g/mol. The monoisotopic (exact) mass is 927 g/mol. The van der Waals surface area contributed by atoms with E-state index in [-0.39, 0.29) is 37.5 Å². The molecule has 0 radical (unpaired) electrons. The van der Waals surface area contributed by atoms with Crippen LogP contribution in [0.3, 0.4) is 0 Å². The first-order valence-electron chi connectivity index (χ1n) is 27.0. The van der Waals surface area contributed by atoms with Crippen molar-refractivity contribution in [3.8, 4) is 0 Å². The third-order valence-corrected chi connectivity index (χ3v) is 10.9. The minimum absolute atomic E-state index is 0.116. The molecule has 0 amide bonds. The van der Waals surface area contributed by atoms with E-state index in [0.29, 0.717) is 25.7 Å². The number of allylic oxidation sites excluding steroid dienone is 20. The maximum absolute atomic E-state index is 12.8. The highest BCUT2D eigenvalue weighted by atomic mass is 16.6. The minimum Gasteiger partial charge on any atom is -0.462 e. The summed E-state index contributed by atoms with van der Waals surface area (Å²) in [5.41, 5.74) is 0. The van der Waals surface area contributed by atoms with Gasteiger partial charge in [0, 0.05) is 19.3 Å². The van der Waals surface area contributed by atoms with Crippen LogP contribution in [-0.4, -0.2) is 37.2 Å². The fourth-order valence-corrected chi connectivity index (χ4v) is 6.86. The Morgan fingerprint density at radius 2 is 0.582 bits per heavy atom. The third kappa shape index (κ3) is 52.6. The summed E-state index contributed by atoms with van der Waals surface area (Å²) in [4.78, 5) is 38.1. The van der Waals surface area contributed by atoms with Gasteiger partial charge < -0.3 is 14.2 Å². The van der Waals surface area contributed by atoms with Crippen molar-refractivity contribution in [2.24, 2.45) is 0 Å². The van der Waals surface area contributed by atoms with Crippen molar-refractivity contribution in [1.29, 1.82) is 0 Å². The predicted molar refractivity (Wildman–Crippen MR) is 288 cm³/mol. The second kappa shape index (κ2) is 54.4. The molecule has 1 atom stereocenters. The molecule has 67 heavy (non-hydrogen) atoms. The lowest BCUT2D eigenvalue weighted by Crippen LogP contribution is -2.30. The first-order valence-corrected chi connectivity index (χ1v) is 27.0. The molecule has 0 aromatic heterocycles. The zero-order valence-electron chi connectivity index (χ0n) is 43.1. The van der Waals surface area contributed by atoms with Crippen LogP contribution in [-0.2, 0) is 28.6 Å². The van der Waals surface area contributed by atoms with Gasteiger partial charge in [0.15, 0.2) is 6.10 Å². The van der Waals surface area contributed by atoms with Crippen LogP contribution in [0.2, 0.25) is 0 Å². The van der Waals surface area contributed by atoms with Crippen LogP contribution in [0.15, 0.2) is 122 Å². The summed E-state index contributed by atoms with van der Waals surface area (Å²) in [6, 6.07) is 0. The third-order valence-electron chi connectivity index (χ3n) is 10.9. The number of rotatable bonds is 47. The van der Waals surface area contributed by atoms with Gasteiger partial charge in [-0.15, -0.1) is 0 Å². The lowest BCUT2D eigenvalue weighted by atomic mass is 10.1. The van der Waals surface area contributed by atoms with Gasteiger partial charge in [0.1, 0.15) is 13.2 Å². The zero-order valence-corrected chi connectivity index (χ0v) is 43.1. The topological polar surface area (TPSA) is 78.9 Å². The van der Waals surface area contributed by atoms with Crippen LogP contribution in [0.1, 0.15) is 226 Å². The van der Waals surface area contributed by atoms with Crippen molar-refractivity contribution < 1.29 is 28.6 Å². The van der Waals surface area contributed by atoms with Crippen LogP contribution < -0.4 is 0 Å². The molecule has 0 aromatic carbocycles. The van der Waals surface area contributed by atoms with Crippen LogP contribution >= 0.6 is 0 Å². The molecule has 0 N–H and O–H groups in total. The number of hydrogen-bond acceptors (Lipinski definition) is 6. The summed E-state index contributed by atoms with van der Waals surface area (Å²) < 4.78 is 16.8. The summed E-state index contributed by atoms with van der Waals surface area (Å²) in [6.45, 7) is 6.38. The van der Waals surface area contributed by atoms with Crippen LogP contribution in [0.5, 0.6) is 0 Å². The lowest BCUT2D eigenvalue weighted by molar-refractivity contribution is -0.167. The second-order valence-corrected chi connectivity index (χ2v) is 17.4. The molecule has 0 aliphatic carbocycles. The predicted octanol–water partition coefficient (Wildman–Crippen LogP) is 18.1. The van der Waals surface area contributed by atoms with E-state index in [0.717, 1.165) is 122 Å². The molecule has 378 valence electrons. The number of esters is 3. The van der Waals surface area contributed by atoms with E-state index in [1.165, 1.54) is 51.4 Å². The number of unbranched alkanes of at least 4 members (excludes halogenated alkanes) is 16. The summed E-state index contributed by atoms with van der Waals surface area (Å²) in [5, 5.41) is 0. The molecule has 0 saturated heterocycles. The van der Waals surface area contributed by atoms with E-state index in [2.05, 4.69) is 142 Å². The Balaban J connectivity index is 4.56. The highest BCUT2D eigenvalue weighted by molar-refractivity contribution is 5.71. The van der Waals surface area contributed by atoms with E-state index in [1.807, 2.05) is 0 Å². The van der Waals surface area contributed by atoms with Crippen molar-refractivity contribution in [2.75, 3.05) is 13.2 Å². The number of carbonyl (C=O) groups excluding carboxylic acids is 3. The SMILES string of the molecule is CC/C=C\C/C=C\C/C=C\CCCCCCCC(=O)OC[C@H](COC(=O)CCCC/C=C\C/C=C\C/C=C\CCCCC)OC(=O)CCCCC/C=C\C/C=C\C/C=C\C/C=C\CCCCC. The first-order chi connectivity index (χ1) is 33.0. The summed E-state index contributed by atoms with van der Waals surface area (Å²) in [5.74, 6) is -1.01. The highest BCUT2D eigenvalue weighted by Crippen LogP contribution is 2.12. The normalized spacial score (nSPS) is 13.1. The standard InChI is InChI=1S/C61H98O6/c1-4-7-10-13-16-19-22-25-28-29-30-31-34-37-40-43-46-49-52-55-61(64)67-58(56-65-59(62)53-50-47-44-41-38-35-32-26-23-20-17-14-11-8-5-2)57-66-60(63)54-51-48-45-42-39-36-33-27-24-21-18-15-12-9-6-3/h8,11,16-21,25-28,30-33,37,39-40,42,58H,4-7,9-10,12-15,22-24,29,34-36,38,41,43-57H2,1-3H3/b11-8-,19-16-,20-17-,21-18-,28-25-,31-30-,32-26-,33-27-,40-37-,42-39-/t58-/m1/s1. The molecule has 0 aromatic rings. The van der Waals surface area contributed by atoms with E-state index < -0.39 is 6.10 Å². The van der Waals surface area contributed by atoms with Crippen LogP contribution in [0, 0.1) is 0 Å². The van der Waals surface area contributed by atoms with Crippen molar-refractivity contribution in [3.05, 3.63) is 122 Å². The van der Waals surface area contributed by atoms with E-state index in [9.17, 15) is 14.4 Å². The number of hydrogen-bond donors (Lipinski definition) is 0. The molecular formula is C61H98O6. The zero-order chi connectivity index (χ0) is 48.6. The van der Waals surface area contributed by atoms with Crippen molar-refractivity contribution in [1.82, 2.24) is 0 Å². The highest BCUT2D eigenvalue weighted by Gasteiger charge is 2.19. The second-order valence-electron chi connectivity index (χ2n) is 17.4. The Hall–Kier alpha value is -4.19. The van der Waals surface area contributed by atoms with E-state index in [4.69, 9.17) is 14.2 Å². The van der Waals surface area contributed by atoms with Gasteiger partial charge in [0.25, 0.3) is 0 Å². The quantitative estimate of drug-likeness (QED) is 0.0262. The molecule has 0 aliphatic heterocycles. The van der Waals surface area contributed by atoms with Crippen molar-refractivity contribution in [2.45, 2.75) is 232 Å². The van der Waals surface area contributed by atoms with Crippen molar-refractivity contribution in [3.63, 3.8) is 0 Å². The molecule has 6 heteroatoms. The molecule has 6 nitrogen and oxygen atoms in total. The fraction of sp³-hybridized carbons (Fsp3) is 0.623. The molecule has 0 fully saturated rings. The van der Waals surface area contributed by atoms with Gasteiger partial charge in [0.05, 0.1) is 0 Å². The van der Waals surface area contributed by atoms with E-state index in [1.54, 1.807) is 0 Å². The van der Waals surface area contributed by atoms with E-state index >= 15 is 0 Å². The van der Waals surface area contributed by atoms with Gasteiger partial charge >= 0.3 is 17.9 Å². The molecule has 0 unspecified atom stereocenters. The molecule has 0 heterocycles. The summed E-state index contributed by atoms with van der Waals surface area (Å²) in [7, 11) is 0. The Labute approximate surface area is 412 Å². The molecule has 0 bridgehead atoms. The number of carbonyl (C=O) groups is 3. The van der Waals surface area contributed by atoms with Gasteiger partial charge in [-0.2, -0.15) is 0 Å². The molecular weight excluding hydrogens is 829 g/mol. The molecule has 0 spiro atoms. The summed E-state index contributed by atoms with van der Waals surface area (Å²) >= 11 is 0. The van der Waals surface area contributed by atoms with Gasteiger partial charge in [-0.1, -0.05) is 194 Å².